The molecule has 1 N–H and O–H groups in total. The van der Waals surface area contributed by atoms with Crippen molar-refractivity contribution < 1.29 is 23.9 Å². The van der Waals surface area contributed by atoms with Gasteiger partial charge in [-0.25, -0.2) is 0 Å². The number of nitrogens with one attached hydrogen (secondary N) is 1. The highest BCUT2D eigenvalue weighted by Gasteiger charge is 2.36. The summed E-state index contributed by atoms with van der Waals surface area (Å²) in [5.74, 6) is 0.759. The Kier molecular flexibility index (Phi) is 6.75. The van der Waals surface area contributed by atoms with Crippen LogP contribution < -0.4 is 14.8 Å². The lowest BCUT2D eigenvalue weighted by molar-refractivity contribution is -0.127. The second kappa shape index (κ2) is 10.1. The third-order valence-electron chi connectivity index (χ3n) is 4.69. The molecule has 8 heteroatoms. The van der Waals surface area contributed by atoms with E-state index in [1.165, 1.54) is 7.11 Å². The van der Waals surface area contributed by atoms with Gasteiger partial charge in [-0.15, -0.1) is 0 Å². The summed E-state index contributed by atoms with van der Waals surface area (Å²) in [7, 11) is 1.49. The van der Waals surface area contributed by atoms with Gasteiger partial charge in [0.25, 0.3) is 11.1 Å². The van der Waals surface area contributed by atoms with E-state index in [4.69, 9.17) is 9.47 Å². The number of para-hydroxylation sites is 3. The smallest absolute Gasteiger partial charge is 0.294 e. The highest BCUT2D eigenvalue weighted by molar-refractivity contribution is 8.18. The monoisotopic (exact) mass is 460 g/mol. The second-order valence-electron chi connectivity index (χ2n) is 7.00. The number of rotatable bonds is 7. The number of amides is 3. The van der Waals surface area contributed by atoms with Crippen molar-refractivity contribution in [1.29, 1.82) is 0 Å². The maximum Gasteiger partial charge on any atom is 0.294 e. The second-order valence-corrected chi connectivity index (χ2v) is 8.00. The number of methoxy groups -OCH3 is 1. The summed E-state index contributed by atoms with van der Waals surface area (Å²) in [6, 6.07) is 23.4. The van der Waals surface area contributed by atoms with Gasteiger partial charge in [-0.3, -0.25) is 19.3 Å². The molecule has 3 aromatic carbocycles. The van der Waals surface area contributed by atoms with E-state index in [-0.39, 0.29) is 4.91 Å². The fraction of sp³-hybridized carbons (Fsp3) is 0.0800. The quantitative estimate of drug-likeness (QED) is 0.490. The molecule has 4 rings (SSSR count). The number of imide groups is 1. The molecule has 0 spiro atoms. The summed E-state index contributed by atoms with van der Waals surface area (Å²) in [5.41, 5.74) is 1.16. The molecule has 33 heavy (non-hydrogen) atoms. The molecule has 1 fully saturated rings. The first kappa shape index (κ1) is 22.2. The third-order valence-corrected chi connectivity index (χ3v) is 5.60. The lowest BCUT2D eigenvalue weighted by Crippen LogP contribution is -2.36. The van der Waals surface area contributed by atoms with Crippen molar-refractivity contribution in [2.75, 3.05) is 19.0 Å². The average Bonchev–Trinajstić information content (AvgIpc) is 3.07. The number of benzene rings is 3. The molecule has 0 unspecified atom stereocenters. The zero-order valence-electron chi connectivity index (χ0n) is 17.7. The van der Waals surface area contributed by atoms with Crippen LogP contribution >= 0.6 is 11.8 Å². The standard InChI is InChI=1S/C25H20N2O5S/c1-31-21-13-6-5-12-20(21)26-23(28)16-27-24(29)22(33-25(27)30)15-17-8-7-11-19(14-17)32-18-9-3-2-4-10-18/h2-15H,16H2,1H3,(H,26,28)/b22-15+. The minimum Gasteiger partial charge on any atom is -0.495 e. The molecular weight excluding hydrogens is 440 g/mol. The Hall–Kier alpha value is -4.04. The van der Waals surface area contributed by atoms with Crippen LogP contribution in [-0.4, -0.2) is 35.6 Å². The van der Waals surface area contributed by atoms with Gasteiger partial charge < -0.3 is 14.8 Å². The van der Waals surface area contributed by atoms with Crippen LogP contribution in [0, 0.1) is 0 Å². The summed E-state index contributed by atoms with van der Waals surface area (Å²) in [6.45, 7) is -0.392. The molecule has 166 valence electrons. The number of carbonyl (C=O) groups is 3. The summed E-state index contributed by atoms with van der Waals surface area (Å²) in [4.78, 5) is 38.8. The van der Waals surface area contributed by atoms with Gasteiger partial charge in [0, 0.05) is 0 Å². The number of hydrogen-bond donors (Lipinski definition) is 1. The van der Waals surface area contributed by atoms with E-state index >= 15 is 0 Å². The number of carbonyl (C=O) groups excluding carboxylic acids is 3. The molecule has 0 radical (unpaired) electrons. The Bertz CT molecular complexity index is 1230. The summed E-state index contributed by atoms with van der Waals surface area (Å²) < 4.78 is 11.0. The van der Waals surface area contributed by atoms with Crippen LogP contribution in [0.25, 0.3) is 6.08 Å². The molecule has 1 aliphatic rings. The van der Waals surface area contributed by atoms with Gasteiger partial charge in [-0.2, -0.15) is 0 Å². The number of thioether (sulfide) groups is 1. The molecule has 0 aromatic heterocycles. The highest BCUT2D eigenvalue weighted by atomic mass is 32.2. The Balaban J connectivity index is 1.44. The lowest BCUT2D eigenvalue weighted by atomic mass is 10.2. The number of hydrogen-bond acceptors (Lipinski definition) is 6. The van der Waals surface area contributed by atoms with Crippen LogP contribution in [0.4, 0.5) is 10.5 Å². The van der Waals surface area contributed by atoms with Crippen molar-refractivity contribution in [2.45, 2.75) is 0 Å². The van der Waals surface area contributed by atoms with Gasteiger partial charge in [0.1, 0.15) is 23.8 Å². The maximum atomic E-state index is 12.8. The number of anilines is 1. The first-order valence-corrected chi connectivity index (χ1v) is 10.9. The highest BCUT2D eigenvalue weighted by Crippen LogP contribution is 2.33. The fourth-order valence-corrected chi connectivity index (χ4v) is 4.00. The van der Waals surface area contributed by atoms with E-state index in [2.05, 4.69) is 5.32 Å². The fourth-order valence-electron chi connectivity index (χ4n) is 3.16. The van der Waals surface area contributed by atoms with Crippen molar-refractivity contribution in [3.63, 3.8) is 0 Å². The lowest BCUT2D eigenvalue weighted by Gasteiger charge is -2.14. The van der Waals surface area contributed by atoms with E-state index in [1.54, 1.807) is 54.6 Å². The third kappa shape index (κ3) is 5.42. The summed E-state index contributed by atoms with van der Waals surface area (Å²) >= 11 is 0.795. The Labute approximate surface area is 195 Å². The van der Waals surface area contributed by atoms with Crippen LogP contribution in [0.5, 0.6) is 17.2 Å². The molecule has 0 aliphatic carbocycles. The molecule has 7 nitrogen and oxygen atoms in total. The van der Waals surface area contributed by atoms with E-state index in [0.29, 0.717) is 28.5 Å². The topological polar surface area (TPSA) is 84.9 Å². The Morgan fingerprint density at radius 1 is 0.970 bits per heavy atom. The molecule has 0 saturated carbocycles. The zero-order valence-corrected chi connectivity index (χ0v) is 18.5. The van der Waals surface area contributed by atoms with Crippen LogP contribution in [0.1, 0.15) is 5.56 Å². The molecular formula is C25H20N2O5S. The normalized spacial score (nSPS) is 14.5. The van der Waals surface area contributed by atoms with Gasteiger partial charge in [-0.05, 0) is 59.8 Å². The number of ether oxygens (including phenoxy) is 2. The van der Waals surface area contributed by atoms with Gasteiger partial charge in [-0.1, -0.05) is 42.5 Å². The van der Waals surface area contributed by atoms with Crippen LogP contribution in [0.2, 0.25) is 0 Å². The van der Waals surface area contributed by atoms with Crippen molar-refractivity contribution >= 4 is 40.6 Å². The summed E-state index contributed by atoms with van der Waals surface area (Å²) in [6.07, 6.45) is 1.61. The van der Waals surface area contributed by atoms with E-state index in [0.717, 1.165) is 16.7 Å². The predicted molar refractivity (Wildman–Crippen MR) is 127 cm³/mol. The van der Waals surface area contributed by atoms with Gasteiger partial charge in [0.05, 0.1) is 17.7 Å². The summed E-state index contributed by atoms with van der Waals surface area (Å²) in [5, 5.41) is 2.17. The van der Waals surface area contributed by atoms with Crippen LogP contribution in [-0.2, 0) is 9.59 Å². The molecule has 1 aliphatic heterocycles. The van der Waals surface area contributed by atoms with Crippen LogP contribution in [0.3, 0.4) is 0 Å². The first-order chi connectivity index (χ1) is 16.0. The van der Waals surface area contributed by atoms with E-state index < -0.39 is 23.6 Å². The van der Waals surface area contributed by atoms with Crippen molar-refractivity contribution in [3.8, 4) is 17.2 Å². The first-order valence-electron chi connectivity index (χ1n) is 10.0. The van der Waals surface area contributed by atoms with Crippen molar-refractivity contribution in [2.24, 2.45) is 0 Å². The van der Waals surface area contributed by atoms with Gasteiger partial charge in [0.2, 0.25) is 5.91 Å². The minimum atomic E-state index is -0.519. The molecule has 3 aromatic rings. The van der Waals surface area contributed by atoms with E-state index in [1.807, 2.05) is 30.3 Å². The molecule has 3 amide bonds. The molecule has 1 saturated heterocycles. The molecule has 0 atom stereocenters. The maximum absolute atomic E-state index is 12.8. The zero-order chi connectivity index (χ0) is 23.2. The van der Waals surface area contributed by atoms with Crippen molar-refractivity contribution in [1.82, 2.24) is 4.90 Å². The minimum absolute atomic E-state index is 0.238. The SMILES string of the molecule is COc1ccccc1NC(=O)CN1C(=O)S/C(=C/c2cccc(Oc3ccccc3)c2)C1=O. The van der Waals surface area contributed by atoms with Crippen LogP contribution in [0.15, 0.2) is 83.8 Å². The largest absolute Gasteiger partial charge is 0.495 e. The molecule has 0 bridgehead atoms. The van der Waals surface area contributed by atoms with Crippen molar-refractivity contribution in [3.05, 3.63) is 89.3 Å². The Morgan fingerprint density at radius 3 is 2.48 bits per heavy atom. The average molecular weight is 461 g/mol. The van der Waals surface area contributed by atoms with Gasteiger partial charge >= 0.3 is 0 Å². The Morgan fingerprint density at radius 2 is 1.70 bits per heavy atom. The van der Waals surface area contributed by atoms with E-state index in [9.17, 15) is 14.4 Å². The predicted octanol–water partition coefficient (Wildman–Crippen LogP) is 5.16. The van der Waals surface area contributed by atoms with Gasteiger partial charge in [0.15, 0.2) is 0 Å². The number of nitrogens with zero attached hydrogens (tertiary/aromatic N) is 1. The molecule has 1 heterocycles.